The van der Waals surface area contributed by atoms with Gasteiger partial charge in [0.1, 0.15) is 11.0 Å². The van der Waals surface area contributed by atoms with Gasteiger partial charge in [0.2, 0.25) is 0 Å². The van der Waals surface area contributed by atoms with E-state index < -0.39 is 0 Å². The van der Waals surface area contributed by atoms with Gasteiger partial charge in [-0.1, -0.05) is 6.07 Å². The van der Waals surface area contributed by atoms with Gasteiger partial charge in [0.15, 0.2) is 0 Å². The fourth-order valence-electron chi connectivity index (χ4n) is 1.27. The second kappa shape index (κ2) is 3.53. The Balaban J connectivity index is 2.26. The number of aliphatic hydroxyl groups is 1. The average molecular weight is 178 g/mol. The van der Waals surface area contributed by atoms with Crippen LogP contribution in [-0.2, 0) is 6.42 Å². The van der Waals surface area contributed by atoms with E-state index in [1.54, 1.807) is 0 Å². The zero-order valence-electron chi connectivity index (χ0n) is 7.10. The molecule has 0 spiro atoms. The number of aromatic nitrogens is 2. The van der Waals surface area contributed by atoms with Crippen LogP contribution in [0, 0.1) is 0 Å². The molecule has 1 aromatic carbocycles. The number of nitrogens with zero attached hydrogens (tertiary/aromatic N) is 2. The second-order valence-electron chi connectivity index (χ2n) is 2.91. The first kappa shape index (κ1) is 8.19. The van der Waals surface area contributed by atoms with E-state index in [9.17, 15) is 0 Å². The van der Waals surface area contributed by atoms with Crippen molar-refractivity contribution in [1.29, 1.82) is 0 Å². The molecule has 0 saturated carbocycles. The molecule has 0 aliphatic heterocycles. The number of hydrogen-bond acceptors (Lipinski definition) is 4. The zero-order chi connectivity index (χ0) is 9.10. The minimum atomic E-state index is 0.217. The second-order valence-corrected chi connectivity index (χ2v) is 2.91. The molecular weight excluding hydrogens is 168 g/mol. The molecule has 1 aromatic heterocycles. The molecule has 0 unspecified atom stereocenters. The monoisotopic (exact) mass is 178 g/mol. The minimum Gasteiger partial charge on any atom is -0.396 e. The molecule has 2 aromatic rings. The van der Waals surface area contributed by atoms with Gasteiger partial charge in [0, 0.05) is 6.61 Å². The summed E-state index contributed by atoms with van der Waals surface area (Å²) in [7, 11) is 0. The Morgan fingerprint density at radius 3 is 2.92 bits per heavy atom. The van der Waals surface area contributed by atoms with Crippen molar-refractivity contribution in [3.8, 4) is 0 Å². The van der Waals surface area contributed by atoms with Crippen molar-refractivity contribution >= 4 is 11.0 Å². The molecule has 1 N–H and O–H groups in total. The first-order valence-corrected chi connectivity index (χ1v) is 4.22. The number of rotatable bonds is 3. The summed E-state index contributed by atoms with van der Waals surface area (Å²) in [5, 5.41) is 16.1. The zero-order valence-corrected chi connectivity index (χ0v) is 7.10. The minimum absolute atomic E-state index is 0.217. The summed E-state index contributed by atoms with van der Waals surface area (Å²) in [4.78, 5) is 0. The van der Waals surface area contributed by atoms with Crippen LogP contribution < -0.4 is 0 Å². The molecule has 0 bridgehead atoms. The maximum absolute atomic E-state index is 8.65. The number of benzene rings is 1. The standard InChI is InChI=1S/C9H10N2O2/c12-5-1-2-7-3-4-8-9(6-7)11-13-10-8/h3-4,6,12H,1-2,5H2. The van der Waals surface area contributed by atoms with Crippen molar-refractivity contribution in [2.24, 2.45) is 0 Å². The van der Waals surface area contributed by atoms with Crippen LogP contribution in [0.3, 0.4) is 0 Å². The highest BCUT2D eigenvalue weighted by Gasteiger charge is 2.00. The number of hydrogen-bond donors (Lipinski definition) is 1. The molecule has 0 saturated heterocycles. The quantitative estimate of drug-likeness (QED) is 0.765. The van der Waals surface area contributed by atoms with Gasteiger partial charge in [-0.05, 0) is 40.9 Å². The third-order valence-electron chi connectivity index (χ3n) is 1.94. The Hall–Kier alpha value is -1.42. The fraction of sp³-hybridized carbons (Fsp3) is 0.333. The number of aryl methyl sites for hydroxylation is 1. The Morgan fingerprint density at radius 1 is 1.23 bits per heavy atom. The molecule has 2 rings (SSSR count). The van der Waals surface area contributed by atoms with Crippen molar-refractivity contribution in [2.45, 2.75) is 12.8 Å². The molecule has 4 heteroatoms. The lowest BCUT2D eigenvalue weighted by Crippen LogP contribution is -1.88. The van der Waals surface area contributed by atoms with Crippen molar-refractivity contribution in [3.63, 3.8) is 0 Å². The molecular formula is C9H10N2O2. The van der Waals surface area contributed by atoms with Gasteiger partial charge < -0.3 is 5.11 Å². The summed E-state index contributed by atoms with van der Waals surface area (Å²) in [6, 6.07) is 5.78. The molecule has 0 amide bonds. The summed E-state index contributed by atoms with van der Waals surface area (Å²) >= 11 is 0. The smallest absolute Gasteiger partial charge is 0.135 e. The van der Waals surface area contributed by atoms with Gasteiger partial charge in [-0.25, -0.2) is 4.63 Å². The average Bonchev–Trinajstić information content (AvgIpc) is 2.61. The maximum atomic E-state index is 8.65. The molecule has 0 fully saturated rings. The van der Waals surface area contributed by atoms with E-state index in [0.717, 1.165) is 29.4 Å². The van der Waals surface area contributed by atoms with Crippen LogP contribution >= 0.6 is 0 Å². The van der Waals surface area contributed by atoms with Crippen LogP contribution in [0.25, 0.3) is 11.0 Å². The lowest BCUT2D eigenvalue weighted by atomic mass is 10.1. The third-order valence-corrected chi connectivity index (χ3v) is 1.94. The van der Waals surface area contributed by atoms with Gasteiger partial charge >= 0.3 is 0 Å². The Kier molecular flexibility index (Phi) is 2.23. The van der Waals surface area contributed by atoms with Crippen molar-refractivity contribution in [2.75, 3.05) is 6.61 Å². The van der Waals surface area contributed by atoms with Crippen LogP contribution in [0.5, 0.6) is 0 Å². The van der Waals surface area contributed by atoms with Crippen LogP contribution in [0.15, 0.2) is 22.8 Å². The van der Waals surface area contributed by atoms with Crippen LogP contribution in [0.2, 0.25) is 0 Å². The molecule has 13 heavy (non-hydrogen) atoms. The molecule has 0 aliphatic rings. The van der Waals surface area contributed by atoms with E-state index in [4.69, 9.17) is 5.11 Å². The predicted octanol–water partition coefficient (Wildman–Crippen LogP) is 1.15. The first-order chi connectivity index (χ1) is 6.40. The van der Waals surface area contributed by atoms with Crippen molar-refractivity contribution in [1.82, 2.24) is 10.3 Å². The summed E-state index contributed by atoms with van der Waals surface area (Å²) in [6.45, 7) is 0.217. The lowest BCUT2D eigenvalue weighted by Gasteiger charge is -1.96. The first-order valence-electron chi connectivity index (χ1n) is 4.22. The van der Waals surface area contributed by atoms with Crippen molar-refractivity contribution in [3.05, 3.63) is 23.8 Å². The Labute approximate surface area is 75.1 Å². The highest BCUT2D eigenvalue weighted by Crippen LogP contribution is 2.12. The number of fused-ring (bicyclic) bond motifs is 1. The van der Waals surface area contributed by atoms with E-state index >= 15 is 0 Å². The van der Waals surface area contributed by atoms with Crippen LogP contribution in [0.4, 0.5) is 0 Å². The van der Waals surface area contributed by atoms with E-state index in [2.05, 4.69) is 14.9 Å². The largest absolute Gasteiger partial charge is 0.396 e. The van der Waals surface area contributed by atoms with E-state index in [-0.39, 0.29) is 6.61 Å². The summed E-state index contributed by atoms with van der Waals surface area (Å²) in [6.07, 6.45) is 1.64. The van der Waals surface area contributed by atoms with E-state index in [0.29, 0.717) is 0 Å². The topological polar surface area (TPSA) is 59.2 Å². The van der Waals surface area contributed by atoms with Gasteiger partial charge in [-0.15, -0.1) is 0 Å². The van der Waals surface area contributed by atoms with Gasteiger partial charge in [0.05, 0.1) is 0 Å². The molecule has 4 nitrogen and oxygen atoms in total. The molecule has 0 radical (unpaired) electrons. The highest BCUT2D eigenvalue weighted by atomic mass is 16.6. The molecule has 0 atom stereocenters. The summed E-state index contributed by atoms with van der Waals surface area (Å²) in [5.41, 5.74) is 2.69. The third kappa shape index (κ3) is 1.67. The van der Waals surface area contributed by atoms with Gasteiger partial charge in [-0.3, -0.25) is 0 Å². The predicted molar refractivity (Wildman–Crippen MR) is 47.2 cm³/mol. The molecule has 1 heterocycles. The fourth-order valence-corrected chi connectivity index (χ4v) is 1.27. The normalized spacial score (nSPS) is 10.8. The maximum Gasteiger partial charge on any atom is 0.135 e. The van der Waals surface area contributed by atoms with Gasteiger partial charge in [0.25, 0.3) is 0 Å². The summed E-state index contributed by atoms with van der Waals surface area (Å²) < 4.78 is 4.57. The van der Waals surface area contributed by atoms with E-state index in [1.165, 1.54) is 0 Å². The highest BCUT2D eigenvalue weighted by molar-refractivity contribution is 5.73. The van der Waals surface area contributed by atoms with Crippen molar-refractivity contribution < 1.29 is 9.74 Å². The Bertz CT molecular complexity index is 397. The molecule has 68 valence electrons. The molecule has 0 aliphatic carbocycles. The van der Waals surface area contributed by atoms with Crippen LogP contribution in [0.1, 0.15) is 12.0 Å². The SMILES string of the molecule is OCCCc1ccc2nonc2c1. The van der Waals surface area contributed by atoms with Gasteiger partial charge in [-0.2, -0.15) is 0 Å². The summed E-state index contributed by atoms with van der Waals surface area (Å²) in [5.74, 6) is 0. The van der Waals surface area contributed by atoms with Crippen LogP contribution in [-0.4, -0.2) is 22.0 Å². The van der Waals surface area contributed by atoms with E-state index in [1.807, 2.05) is 18.2 Å². The Morgan fingerprint density at radius 2 is 2.08 bits per heavy atom. The lowest BCUT2D eigenvalue weighted by molar-refractivity contribution is 0.288. The number of aliphatic hydroxyl groups excluding tert-OH is 1.